The van der Waals surface area contributed by atoms with Crippen LogP contribution in [0.15, 0.2) is 18.2 Å². The topological polar surface area (TPSA) is 12.0 Å². The number of nitrogens with one attached hydrogen (secondary N) is 1. The summed E-state index contributed by atoms with van der Waals surface area (Å²) in [7, 11) is 0. The van der Waals surface area contributed by atoms with Crippen molar-refractivity contribution >= 4 is 23.4 Å². The van der Waals surface area contributed by atoms with Crippen molar-refractivity contribution < 1.29 is 4.39 Å². The van der Waals surface area contributed by atoms with Crippen LogP contribution >= 0.6 is 23.4 Å². The highest BCUT2D eigenvalue weighted by atomic mass is 35.5. The molecule has 0 bridgehead atoms. The fourth-order valence-electron chi connectivity index (χ4n) is 2.26. The van der Waals surface area contributed by atoms with Gasteiger partial charge in [0.2, 0.25) is 0 Å². The van der Waals surface area contributed by atoms with Crippen LogP contribution in [0.3, 0.4) is 0 Å². The molecule has 0 saturated heterocycles. The molecule has 1 unspecified atom stereocenters. The van der Waals surface area contributed by atoms with Crippen molar-refractivity contribution in [2.75, 3.05) is 12.8 Å². The number of halogens is 2. The van der Waals surface area contributed by atoms with Crippen LogP contribution in [0, 0.1) is 5.82 Å². The van der Waals surface area contributed by atoms with Crippen LogP contribution in [0.1, 0.15) is 37.8 Å². The van der Waals surface area contributed by atoms with Crippen molar-refractivity contribution in [1.29, 1.82) is 0 Å². The van der Waals surface area contributed by atoms with Crippen LogP contribution < -0.4 is 5.32 Å². The molecule has 18 heavy (non-hydrogen) atoms. The van der Waals surface area contributed by atoms with Crippen molar-refractivity contribution in [2.45, 2.75) is 37.0 Å². The van der Waals surface area contributed by atoms with Crippen LogP contribution in [0.4, 0.5) is 4.39 Å². The molecule has 1 atom stereocenters. The lowest BCUT2D eigenvalue weighted by atomic mass is 9.84. The van der Waals surface area contributed by atoms with E-state index in [-0.39, 0.29) is 16.9 Å². The second-order valence-electron chi connectivity index (χ2n) is 5.02. The first-order chi connectivity index (χ1) is 8.56. The predicted molar refractivity (Wildman–Crippen MR) is 77.9 cm³/mol. The van der Waals surface area contributed by atoms with Crippen molar-refractivity contribution in [3.8, 4) is 0 Å². The third kappa shape index (κ3) is 3.01. The van der Waals surface area contributed by atoms with Gasteiger partial charge in [-0.3, -0.25) is 0 Å². The summed E-state index contributed by atoms with van der Waals surface area (Å²) in [6, 6.07) is 5.18. The Morgan fingerprint density at radius 1 is 1.50 bits per heavy atom. The fourth-order valence-corrected chi connectivity index (χ4v) is 3.30. The van der Waals surface area contributed by atoms with Gasteiger partial charge in [0.25, 0.3) is 0 Å². The molecule has 0 aliphatic heterocycles. The molecule has 1 saturated carbocycles. The molecule has 1 aromatic carbocycles. The molecule has 1 N–H and O–H groups in total. The minimum absolute atomic E-state index is 0.154. The van der Waals surface area contributed by atoms with Crippen LogP contribution in [-0.2, 0) is 0 Å². The van der Waals surface area contributed by atoms with Crippen LogP contribution in [0.2, 0.25) is 5.02 Å². The zero-order chi connectivity index (χ0) is 13.2. The van der Waals surface area contributed by atoms with E-state index in [1.54, 1.807) is 6.07 Å². The Hall–Kier alpha value is -0.250. The van der Waals surface area contributed by atoms with Gasteiger partial charge in [-0.05, 0) is 43.7 Å². The average Bonchev–Trinajstić information content (AvgIpc) is 2.31. The molecular formula is C14H19ClFNS. The lowest BCUT2D eigenvalue weighted by molar-refractivity contribution is 0.334. The average molecular weight is 288 g/mol. The van der Waals surface area contributed by atoms with Crippen molar-refractivity contribution in [1.82, 2.24) is 5.32 Å². The zero-order valence-corrected chi connectivity index (χ0v) is 12.4. The maximum atomic E-state index is 13.4. The molecule has 4 heteroatoms. The minimum Gasteiger partial charge on any atom is -0.309 e. The van der Waals surface area contributed by atoms with Crippen molar-refractivity contribution in [2.24, 2.45) is 0 Å². The Labute approximate surface area is 117 Å². The third-order valence-electron chi connectivity index (χ3n) is 3.87. The van der Waals surface area contributed by atoms with Gasteiger partial charge in [0.1, 0.15) is 5.82 Å². The standard InChI is InChI=1S/C14H19ClFNS/c1-10(11-4-5-12(15)13(16)8-11)17-9-14(18-2)6-3-7-14/h4-5,8,10,17H,3,6-7,9H2,1-2H3. The van der Waals surface area contributed by atoms with E-state index in [1.807, 2.05) is 17.8 Å². The van der Waals surface area contributed by atoms with Gasteiger partial charge in [-0.2, -0.15) is 11.8 Å². The molecule has 1 nitrogen and oxygen atoms in total. The Morgan fingerprint density at radius 2 is 2.22 bits per heavy atom. The Bertz CT molecular complexity index is 415. The second kappa shape index (κ2) is 5.81. The zero-order valence-electron chi connectivity index (χ0n) is 10.8. The van der Waals surface area contributed by atoms with E-state index >= 15 is 0 Å². The number of thioether (sulfide) groups is 1. The lowest BCUT2D eigenvalue weighted by Gasteiger charge is -2.41. The van der Waals surface area contributed by atoms with Gasteiger partial charge < -0.3 is 5.32 Å². The van der Waals surface area contributed by atoms with Crippen molar-refractivity contribution in [3.05, 3.63) is 34.6 Å². The van der Waals surface area contributed by atoms with Gasteiger partial charge in [-0.25, -0.2) is 4.39 Å². The van der Waals surface area contributed by atoms with Crippen LogP contribution in [-0.4, -0.2) is 17.5 Å². The second-order valence-corrected chi connectivity index (χ2v) is 6.70. The summed E-state index contributed by atoms with van der Waals surface area (Å²) in [6.07, 6.45) is 6.06. The highest BCUT2D eigenvalue weighted by molar-refractivity contribution is 8.00. The summed E-state index contributed by atoms with van der Waals surface area (Å²) in [4.78, 5) is 0. The van der Waals surface area contributed by atoms with E-state index in [2.05, 4.69) is 18.5 Å². The van der Waals surface area contributed by atoms with Crippen LogP contribution in [0.25, 0.3) is 0 Å². The Balaban J connectivity index is 1.94. The molecule has 0 radical (unpaired) electrons. The fraction of sp³-hybridized carbons (Fsp3) is 0.571. The van der Waals surface area contributed by atoms with Gasteiger partial charge in [-0.15, -0.1) is 0 Å². The summed E-state index contributed by atoms with van der Waals surface area (Å²) in [5, 5.41) is 3.69. The van der Waals surface area contributed by atoms with Gasteiger partial charge in [0.15, 0.2) is 0 Å². The molecule has 1 aliphatic carbocycles. The molecule has 0 aromatic heterocycles. The van der Waals surface area contributed by atoms with Crippen LogP contribution in [0.5, 0.6) is 0 Å². The van der Waals surface area contributed by atoms with Gasteiger partial charge in [0.05, 0.1) is 5.02 Å². The molecule has 1 fully saturated rings. The maximum Gasteiger partial charge on any atom is 0.142 e. The van der Waals surface area contributed by atoms with E-state index in [0.29, 0.717) is 4.75 Å². The first-order valence-corrected chi connectivity index (χ1v) is 7.90. The summed E-state index contributed by atoms with van der Waals surface area (Å²) in [5.74, 6) is -0.342. The van der Waals surface area contributed by atoms with Gasteiger partial charge >= 0.3 is 0 Å². The largest absolute Gasteiger partial charge is 0.309 e. The number of benzene rings is 1. The predicted octanol–water partition coefficient (Wildman–Crippen LogP) is 4.42. The normalized spacial score (nSPS) is 19.3. The summed E-state index contributed by atoms with van der Waals surface area (Å²) in [6.45, 7) is 3.05. The molecule has 1 aromatic rings. The highest BCUT2D eigenvalue weighted by Gasteiger charge is 2.35. The SMILES string of the molecule is CSC1(CNC(C)c2ccc(Cl)c(F)c2)CCC1. The molecular weight excluding hydrogens is 269 g/mol. The molecule has 0 heterocycles. The molecule has 2 rings (SSSR count). The first kappa shape index (κ1) is 14.2. The van der Waals surface area contributed by atoms with E-state index in [4.69, 9.17) is 11.6 Å². The summed E-state index contributed by atoms with van der Waals surface area (Å²) >= 11 is 7.63. The Morgan fingerprint density at radius 3 is 2.72 bits per heavy atom. The molecule has 0 spiro atoms. The summed E-state index contributed by atoms with van der Waals surface area (Å²) < 4.78 is 13.8. The molecule has 0 amide bonds. The minimum atomic E-state index is -0.342. The smallest absolute Gasteiger partial charge is 0.142 e. The number of hydrogen-bond donors (Lipinski definition) is 1. The molecule has 100 valence electrons. The van der Waals surface area contributed by atoms with Gasteiger partial charge in [0, 0.05) is 17.3 Å². The van der Waals surface area contributed by atoms with E-state index in [9.17, 15) is 4.39 Å². The number of hydrogen-bond acceptors (Lipinski definition) is 2. The maximum absolute atomic E-state index is 13.4. The highest BCUT2D eigenvalue weighted by Crippen LogP contribution is 2.42. The Kier molecular flexibility index (Phi) is 4.57. The monoisotopic (exact) mass is 287 g/mol. The summed E-state index contributed by atoms with van der Waals surface area (Å²) in [5.41, 5.74) is 0.951. The van der Waals surface area contributed by atoms with E-state index in [1.165, 1.54) is 25.3 Å². The van der Waals surface area contributed by atoms with Gasteiger partial charge in [-0.1, -0.05) is 24.1 Å². The van der Waals surface area contributed by atoms with E-state index < -0.39 is 0 Å². The first-order valence-electron chi connectivity index (χ1n) is 6.30. The van der Waals surface area contributed by atoms with E-state index in [0.717, 1.165) is 12.1 Å². The molecule has 1 aliphatic rings. The quantitative estimate of drug-likeness (QED) is 0.860. The van der Waals surface area contributed by atoms with Crippen molar-refractivity contribution in [3.63, 3.8) is 0 Å². The number of rotatable bonds is 5. The lowest BCUT2D eigenvalue weighted by Crippen LogP contribution is -2.44. The third-order valence-corrected chi connectivity index (χ3v) is 5.60.